The number of carboxylic acid groups (broad SMARTS) is 2. The number of aliphatic hydroxyl groups is 2. The van der Waals surface area contributed by atoms with Crippen LogP contribution >= 0.6 is 25.3 Å². The first-order valence-electron chi connectivity index (χ1n) is 6.33. The minimum Gasteiger partial charge on any atom is -0.481 e. The van der Waals surface area contributed by atoms with Gasteiger partial charge < -0.3 is 20.4 Å². The van der Waals surface area contributed by atoms with Crippen molar-refractivity contribution in [3.63, 3.8) is 0 Å². The van der Waals surface area contributed by atoms with E-state index in [1.165, 1.54) is 0 Å². The SMILES string of the molecule is O=C(O)CCS.O=C(O)CCS.OCCCCCCO. The van der Waals surface area contributed by atoms with Crippen LogP contribution in [0, 0.1) is 0 Å². The summed E-state index contributed by atoms with van der Waals surface area (Å²) in [6, 6.07) is 0. The quantitative estimate of drug-likeness (QED) is 0.281. The lowest BCUT2D eigenvalue weighted by Crippen LogP contribution is -1.93. The highest BCUT2D eigenvalue weighted by molar-refractivity contribution is 7.80. The number of rotatable bonds is 9. The molecule has 6 nitrogen and oxygen atoms in total. The fourth-order valence-electron chi connectivity index (χ4n) is 0.768. The van der Waals surface area contributed by atoms with Crippen LogP contribution in [0.15, 0.2) is 0 Å². The Balaban J connectivity index is -0.000000221. The van der Waals surface area contributed by atoms with Crippen LogP contribution in [0.25, 0.3) is 0 Å². The molecule has 0 saturated heterocycles. The van der Waals surface area contributed by atoms with Crippen molar-refractivity contribution in [3.8, 4) is 0 Å². The number of carbonyl (C=O) groups is 2. The molecule has 0 atom stereocenters. The Labute approximate surface area is 131 Å². The van der Waals surface area contributed by atoms with E-state index in [2.05, 4.69) is 25.3 Å². The maximum Gasteiger partial charge on any atom is 0.304 e. The molecule has 0 saturated carbocycles. The second-order valence-electron chi connectivity index (χ2n) is 3.60. The molecule has 0 spiro atoms. The van der Waals surface area contributed by atoms with E-state index in [0.29, 0.717) is 11.5 Å². The van der Waals surface area contributed by atoms with E-state index >= 15 is 0 Å². The monoisotopic (exact) mass is 330 g/mol. The van der Waals surface area contributed by atoms with Crippen LogP contribution in [-0.4, -0.2) is 57.1 Å². The molecule has 0 radical (unpaired) electrons. The van der Waals surface area contributed by atoms with Crippen molar-refractivity contribution in [2.24, 2.45) is 0 Å². The summed E-state index contributed by atoms with van der Waals surface area (Å²) in [5, 5.41) is 32.3. The summed E-state index contributed by atoms with van der Waals surface area (Å²) in [6.07, 6.45) is 4.14. The van der Waals surface area contributed by atoms with Crippen molar-refractivity contribution >= 4 is 37.2 Å². The van der Waals surface area contributed by atoms with Crippen molar-refractivity contribution in [3.05, 3.63) is 0 Å². The Morgan fingerprint density at radius 3 is 1.10 bits per heavy atom. The molecule has 0 fully saturated rings. The van der Waals surface area contributed by atoms with Crippen LogP contribution in [0.5, 0.6) is 0 Å². The van der Waals surface area contributed by atoms with Crippen LogP contribution in [0.3, 0.4) is 0 Å². The van der Waals surface area contributed by atoms with E-state index in [1.807, 2.05) is 0 Å². The van der Waals surface area contributed by atoms with Gasteiger partial charge in [-0.25, -0.2) is 0 Å². The van der Waals surface area contributed by atoms with Gasteiger partial charge in [-0.2, -0.15) is 25.3 Å². The summed E-state index contributed by atoms with van der Waals surface area (Å²) < 4.78 is 0. The molecule has 0 aromatic rings. The molecule has 0 aromatic heterocycles. The topological polar surface area (TPSA) is 115 Å². The van der Waals surface area contributed by atoms with Crippen molar-refractivity contribution < 1.29 is 30.0 Å². The predicted molar refractivity (Wildman–Crippen MR) is 84.9 cm³/mol. The Morgan fingerprint density at radius 1 is 0.700 bits per heavy atom. The van der Waals surface area contributed by atoms with Gasteiger partial charge in [0.1, 0.15) is 0 Å². The zero-order chi connectivity index (χ0) is 16.2. The second kappa shape index (κ2) is 23.6. The molecule has 0 aliphatic rings. The average molecular weight is 330 g/mol. The van der Waals surface area contributed by atoms with E-state index in [1.54, 1.807) is 0 Å². The van der Waals surface area contributed by atoms with Crippen LogP contribution in [0.2, 0.25) is 0 Å². The third-order valence-corrected chi connectivity index (χ3v) is 2.16. The maximum absolute atomic E-state index is 9.55. The normalized spacial score (nSPS) is 8.80. The molecule has 0 bridgehead atoms. The van der Waals surface area contributed by atoms with Gasteiger partial charge in [0.05, 0.1) is 12.8 Å². The lowest BCUT2D eigenvalue weighted by atomic mass is 10.2. The Bertz CT molecular complexity index is 192. The van der Waals surface area contributed by atoms with Gasteiger partial charge in [-0.3, -0.25) is 9.59 Å². The van der Waals surface area contributed by atoms with Gasteiger partial charge >= 0.3 is 11.9 Å². The predicted octanol–water partition coefficient (Wildman–Crippen LogP) is 1.31. The Kier molecular flexibility index (Phi) is 29.0. The van der Waals surface area contributed by atoms with Crippen LogP contribution in [-0.2, 0) is 9.59 Å². The molecule has 122 valence electrons. The first-order chi connectivity index (χ1) is 9.45. The van der Waals surface area contributed by atoms with Gasteiger partial charge in [-0.05, 0) is 12.8 Å². The zero-order valence-electron chi connectivity index (χ0n) is 11.6. The first kappa shape index (κ1) is 24.6. The van der Waals surface area contributed by atoms with Crippen molar-refractivity contribution in [1.29, 1.82) is 0 Å². The number of hydrogen-bond acceptors (Lipinski definition) is 6. The third kappa shape index (κ3) is 43.2. The smallest absolute Gasteiger partial charge is 0.304 e. The molecule has 0 aliphatic heterocycles. The Hall–Kier alpha value is -0.440. The standard InChI is InChI=1S/C6H14O2.2C3H6O2S/c7-5-3-1-2-4-6-8;2*4-3(5)1-2-6/h7-8H,1-6H2;2*6H,1-2H2,(H,4,5). The minimum atomic E-state index is -0.787. The van der Waals surface area contributed by atoms with E-state index in [0.717, 1.165) is 25.7 Å². The van der Waals surface area contributed by atoms with Gasteiger partial charge in [0.25, 0.3) is 0 Å². The van der Waals surface area contributed by atoms with Gasteiger partial charge in [0.2, 0.25) is 0 Å². The molecule has 20 heavy (non-hydrogen) atoms. The summed E-state index contributed by atoms with van der Waals surface area (Å²) in [7, 11) is 0. The number of carboxylic acids is 2. The summed E-state index contributed by atoms with van der Waals surface area (Å²) in [5.74, 6) is -0.722. The van der Waals surface area contributed by atoms with Crippen LogP contribution in [0.4, 0.5) is 0 Å². The number of unbranched alkanes of at least 4 members (excludes halogenated alkanes) is 3. The largest absolute Gasteiger partial charge is 0.481 e. The van der Waals surface area contributed by atoms with Crippen molar-refractivity contribution in [2.75, 3.05) is 24.7 Å². The number of aliphatic carboxylic acids is 2. The molecule has 0 unspecified atom stereocenters. The highest BCUT2D eigenvalue weighted by Crippen LogP contribution is 1.96. The number of thiol groups is 2. The third-order valence-electron chi connectivity index (χ3n) is 1.72. The minimum absolute atomic E-state index is 0.156. The van der Waals surface area contributed by atoms with Gasteiger partial charge in [0.15, 0.2) is 0 Å². The fourth-order valence-corrected chi connectivity index (χ4v) is 1.15. The zero-order valence-corrected chi connectivity index (χ0v) is 13.4. The lowest BCUT2D eigenvalue weighted by Gasteiger charge is -1.93. The van der Waals surface area contributed by atoms with E-state index in [-0.39, 0.29) is 26.1 Å². The first-order valence-corrected chi connectivity index (χ1v) is 7.59. The molecule has 0 rings (SSSR count). The highest BCUT2D eigenvalue weighted by Gasteiger charge is 1.88. The molecule has 0 aromatic carbocycles. The Morgan fingerprint density at radius 2 is 1.00 bits per heavy atom. The molecular weight excluding hydrogens is 304 g/mol. The average Bonchev–Trinajstić information content (AvgIpc) is 2.36. The van der Waals surface area contributed by atoms with Gasteiger partial charge in [-0.1, -0.05) is 12.8 Å². The summed E-state index contributed by atoms with van der Waals surface area (Å²) in [4.78, 5) is 19.1. The maximum atomic E-state index is 9.55. The van der Waals surface area contributed by atoms with Crippen LogP contribution in [0.1, 0.15) is 38.5 Å². The fraction of sp³-hybridized carbons (Fsp3) is 0.833. The second-order valence-corrected chi connectivity index (χ2v) is 4.49. The van der Waals surface area contributed by atoms with Crippen molar-refractivity contribution in [2.45, 2.75) is 38.5 Å². The van der Waals surface area contributed by atoms with E-state index in [4.69, 9.17) is 20.4 Å². The summed E-state index contributed by atoms with van der Waals surface area (Å²) >= 11 is 7.36. The highest BCUT2D eigenvalue weighted by atomic mass is 32.1. The molecular formula is C12H26O6S2. The van der Waals surface area contributed by atoms with Gasteiger partial charge in [-0.15, -0.1) is 0 Å². The molecule has 0 heterocycles. The van der Waals surface area contributed by atoms with E-state index < -0.39 is 11.9 Å². The number of aliphatic hydroxyl groups excluding tert-OH is 2. The van der Waals surface area contributed by atoms with E-state index in [9.17, 15) is 9.59 Å². The molecule has 8 heteroatoms. The molecule has 4 N–H and O–H groups in total. The number of hydrogen-bond donors (Lipinski definition) is 6. The summed E-state index contributed by atoms with van der Waals surface area (Å²) in [5.41, 5.74) is 0. The van der Waals surface area contributed by atoms with Crippen molar-refractivity contribution in [1.82, 2.24) is 0 Å². The summed E-state index contributed by atoms with van der Waals surface area (Å²) in [6.45, 7) is 0.566. The van der Waals surface area contributed by atoms with Crippen LogP contribution < -0.4 is 0 Å². The van der Waals surface area contributed by atoms with Gasteiger partial charge in [0, 0.05) is 24.7 Å². The molecule has 0 amide bonds. The lowest BCUT2D eigenvalue weighted by molar-refractivity contribution is -0.137. The molecule has 0 aliphatic carbocycles.